The zero-order chi connectivity index (χ0) is 16.3. The van der Waals surface area contributed by atoms with E-state index in [4.69, 9.17) is 10.3 Å². The second-order valence-corrected chi connectivity index (χ2v) is 4.80. The lowest BCUT2D eigenvalue weighted by molar-refractivity contribution is -0.185. The fourth-order valence-electron chi connectivity index (χ4n) is 2.12. The summed E-state index contributed by atoms with van der Waals surface area (Å²) in [4.78, 5) is 28.4. The molecule has 0 aliphatic carbocycles. The van der Waals surface area contributed by atoms with Crippen molar-refractivity contribution in [2.45, 2.75) is 19.1 Å². The summed E-state index contributed by atoms with van der Waals surface area (Å²) in [5.74, 6) is -2.76. The van der Waals surface area contributed by atoms with Gasteiger partial charge in [-0.2, -0.15) is 18.2 Å². The van der Waals surface area contributed by atoms with Crippen molar-refractivity contribution in [3.63, 3.8) is 0 Å². The Hall–Kier alpha value is -2.17. The molecule has 1 aliphatic heterocycles. The summed E-state index contributed by atoms with van der Waals surface area (Å²) in [5.41, 5.74) is 4.99. The largest absolute Gasteiger partial charge is 0.471 e. The third kappa shape index (κ3) is 3.93. The van der Waals surface area contributed by atoms with E-state index in [-0.39, 0.29) is 37.9 Å². The number of carbonyl (C=O) groups is 2. The molecule has 1 saturated heterocycles. The number of primary amides is 1. The van der Waals surface area contributed by atoms with Crippen LogP contribution in [0.1, 0.15) is 22.9 Å². The van der Waals surface area contributed by atoms with Gasteiger partial charge in [-0.05, 0) is 6.42 Å². The number of hydrogen-bond acceptors (Lipinski definition) is 6. The highest BCUT2D eigenvalue weighted by atomic mass is 19.4. The third-order valence-corrected chi connectivity index (χ3v) is 3.17. The molecule has 2 N–H and O–H groups in total. The quantitative estimate of drug-likeness (QED) is 0.824. The van der Waals surface area contributed by atoms with Gasteiger partial charge in [-0.3, -0.25) is 14.5 Å². The summed E-state index contributed by atoms with van der Waals surface area (Å²) in [6.45, 7) is 0.862. The van der Waals surface area contributed by atoms with Crippen LogP contribution in [0.3, 0.4) is 0 Å². The van der Waals surface area contributed by atoms with Crippen molar-refractivity contribution in [1.82, 2.24) is 19.9 Å². The van der Waals surface area contributed by atoms with E-state index < -0.39 is 18.0 Å². The summed E-state index contributed by atoms with van der Waals surface area (Å²) in [6.07, 6.45) is -4.48. The smallest absolute Gasteiger partial charge is 0.363 e. The number of nitrogens with zero attached hydrogens (tertiary/aromatic N) is 4. The van der Waals surface area contributed by atoms with Gasteiger partial charge in [-0.25, -0.2) is 0 Å². The maximum absolute atomic E-state index is 12.4. The summed E-state index contributed by atoms with van der Waals surface area (Å²) in [7, 11) is 0. The molecule has 0 unspecified atom stereocenters. The van der Waals surface area contributed by atoms with Gasteiger partial charge in [0.1, 0.15) is 0 Å². The van der Waals surface area contributed by atoms with Gasteiger partial charge in [0.15, 0.2) is 0 Å². The zero-order valence-electron chi connectivity index (χ0n) is 11.5. The number of alkyl halides is 3. The number of hydrogen-bond donors (Lipinski definition) is 1. The molecule has 0 spiro atoms. The van der Waals surface area contributed by atoms with E-state index in [1.54, 1.807) is 4.90 Å². The van der Waals surface area contributed by atoms with Gasteiger partial charge >= 0.3 is 12.1 Å². The van der Waals surface area contributed by atoms with E-state index in [1.165, 1.54) is 0 Å². The Morgan fingerprint density at radius 3 is 2.55 bits per heavy atom. The van der Waals surface area contributed by atoms with E-state index in [1.807, 2.05) is 0 Å². The van der Waals surface area contributed by atoms with Crippen molar-refractivity contribution in [2.75, 3.05) is 26.2 Å². The normalized spacial score (nSPS) is 17.3. The Morgan fingerprint density at radius 2 is 1.95 bits per heavy atom. The Morgan fingerprint density at radius 1 is 1.23 bits per heavy atom. The summed E-state index contributed by atoms with van der Waals surface area (Å²) < 4.78 is 42.1. The maximum Gasteiger partial charge on any atom is 0.471 e. The van der Waals surface area contributed by atoms with Crippen molar-refractivity contribution < 1.29 is 27.3 Å². The van der Waals surface area contributed by atoms with Gasteiger partial charge in [-0.15, -0.1) is 0 Å². The summed E-state index contributed by atoms with van der Waals surface area (Å²) >= 11 is 0. The Balaban J connectivity index is 1.92. The van der Waals surface area contributed by atoms with Crippen LogP contribution in [0, 0.1) is 0 Å². The van der Waals surface area contributed by atoms with Crippen molar-refractivity contribution in [1.29, 1.82) is 0 Å². The van der Waals surface area contributed by atoms with Crippen LogP contribution < -0.4 is 5.73 Å². The molecule has 2 heterocycles. The first kappa shape index (κ1) is 16.2. The first-order valence-electron chi connectivity index (χ1n) is 6.48. The van der Waals surface area contributed by atoms with Crippen LogP contribution >= 0.6 is 0 Å². The monoisotopic (exact) mass is 321 g/mol. The van der Waals surface area contributed by atoms with Gasteiger partial charge in [0.25, 0.3) is 11.7 Å². The molecule has 122 valence electrons. The molecule has 0 aromatic carbocycles. The molecule has 0 saturated carbocycles. The SMILES string of the molecule is NC(=O)c1noc(CN2CCCN(C(=O)C(F)(F)F)CC2)n1. The average Bonchev–Trinajstić information content (AvgIpc) is 2.77. The Labute approximate surface area is 123 Å². The predicted octanol–water partition coefficient (Wildman–Crippen LogP) is -0.235. The minimum Gasteiger partial charge on any atom is -0.363 e. The molecule has 22 heavy (non-hydrogen) atoms. The fourth-order valence-corrected chi connectivity index (χ4v) is 2.12. The maximum atomic E-state index is 12.4. The minimum atomic E-state index is -4.86. The number of nitrogens with two attached hydrogens (primary N) is 1. The highest BCUT2D eigenvalue weighted by molar-refractivity contribution is 5.88. The molecule has 0 radical (unpaired) electrons. The number of amides is 2. The minimum absolute atomic E-state index is 0.0329. The number of carbonyl (C=O) groups excluding carboxylic acids is 2. The van der Waals surface area contributed by atoms with E-state index in [2.05, 4.69) is 10.1 Å². The summed E-state index contributed by atoms with van der Waals surface area (Å²) in [5, 5.41) is 3.38. The van der Waals surface area contributed by atoms with Crippen LogP contribution in [0.5, 0.6) is 0 Å². The number of halogens is 3. The molecule has 2 amide bonds. The first-order valence-corrected chi connectivity index (χ1v) is 6.48. The standard InChI is InChI=1S/C11H14F3N5O3/c12-11(13,14)10(21)19-3-1-2-18(4-5-19)6-7-16-9(8(15)20)17-22-7/h1-6H2,(H2,15,20). The number of aromatic nitrogens is 2. The van der Waals surface area contributed by atoms with Crippen molar-refractivity contribution in [2.24, 2.45) is 5.73 Å². The Kier molecular flexibility index (Phi) is 4.64. The molecule has 8 nitrogen and oxygen atoms in total. The van der Waals surface area contributed by atoms with Gasteiger partial charge in [0.2, 0.25) is 5.89 Å². The lowest BCUT2D eigenvalue weighted by atomic mass is 10.3. The second kappa shape index (κ2) is 6.30. The molecular weight excluding hydrogens is 307 g/mol. The lowest BCUT2D eigenvalue weighted by Crippen LogP contribution is -2.43. The molecule has 1 fully saturated rings. The molecule has 0 atom stereocenters. The fraction of sp³-hybridized carbons (Fsp3) is 0.636. The topological polar surface area (TPSA) is 106 Å². The van der Waals surface area contributed by atoms with Crippen LogP contribution in [0.4, 0.5) is 13.2 Å². The predicted molar refractivity (Wildman–Crippen MR) is 65.3 cm³/mol. The van der Waals surface area contributed by atoms with E-state index in [0.717, 1.165) is 4.90 Å². The van der Waals surface area contributed by atoms with Gasteiger partial charge in [-0.1, -0.05) is 5.16 Å². The lowest BCUT2D eigenvalue weighted by Gasteiger charge is -2.22. The molecule has 1 aromatic heterocycles. The highest BCUT2D eigenvalue weighted by Crippen LogP contribution is 2.19. The third-order valence-electron chi connectivity index (χ3n) is 3.17. The molecular formula is C11H14F3N5O3. The Bertz CT molecular complexity index is 559. The molecule has 0 bridgehead atoms. The molecule has 11 heteroatoms. The zero-order valence-corrected chi connectivity index (χ0v) is 11.5. The van der Waals surface area contributed by atoms with Gasteiger partial charge in [0, 0.05) is 26.2 Å². The van der Waals surface area contributed by atoms with Crippen LogP contribution in [0.25, 0.3) is 0 Å². The van der Waals surface area contributed by atoms with Crippen molar-refractivity contribution >= 4 is 11.8 Å². The van der Waals surface area contributed by atoms with Crippen LogP contribution in [0.2, 0.25) is 0 Å². The van der Waals surface area contributed by atoms with E-state index >= 15 is 0 Å². The second-order valence-electron chi connectivity index (χ2n) is 4.80. The van der Waals surface area contributed by atoms with Gasteiger partial charge < -0.3 is 15.2 Å². The molecule has 1 aliphatic rings. The van der Waals surface area contributed by atoms with Crippen LogP contribution in [0.15, 0.2) is 4.52 Å². The molecule has 2 rings (SSSR count). The molecule has 1 aromatic rings. The van der Waals surface area contributed by atoms with E-state index in [0.29, 0.717) is 13.0 Å². The van der Waals surface area contributed by atoms with Crippen molar-refractivity contribution in [3.05, 3.63) is 11.7 Å². The van der Waals surface area contributed by atoms with Crippen molar-refractivity contribution in [3.8, 4) is 0 Å². The first-order chi connectivity index (χ1) is 10.3. The highest BCUT2D eigenvalue weighted by Gasteiger charge is 2.42. The number of rotatable bonds is 3. The van der Waals surface area contributed by atoms with Gasteiger partial charge in [0.05, 0.1) is 6.54 Å². The summed E-state index contributed by atoms with van der Waals surface area (Å²) in [6, 6.07) is 0. The average molecular weight is 321 g/mol. The van der Waals surface area contributed by atoms with Crippen LogP contribution in [-0.4, -0.2) is 64.1 Å². The van der Waals surface area contributed by atoms with E-state index in [9.17, 15) is 22.8 Å². The van der Waals surface area contributed by atoms with Crippen LogP contribution in [-0.2, 0) is 11.3 Å².